The lowest BCUT2D eigenvalue weighted by Gasteiger charge is -2.17. The van der Waals surface area contributed by atoms with Gasteiger partial charge >= 0.3 is 5.97 Å². The van der Waals surface area contributed by atoms with Crippen molar-refractivity contribution < 1.29 is 19.7 Å². The number of benzene rings is 1. The number of phenolic OH excluding ortho intramolecular Hbond substituents is 1. The molecule has 2 N–H and O–H groups in total. The number of hydrogen-bond acceptors (Lipinski definition) is 3. The van der Waals surface area contributed by atoms with E-state index in [4.69, 9.17) is 21.4 Å². The topological polar surface area (TPSA) is 66.8 Å². The highest BCUT2D eigenvalue weighted by Crippen LogP contribution is 2.56. The molecule has 1 fully saturated rings. The lowest BCUT2D eigenvalue weighted by Crippen LogP contribution is -2.13. The Morgan fingerprint density at radius 1 is 1.53 bits per heavy atom. The van der Waals surface area contributed by atoms with Crippen LogP contribution in [-0.4, -0.2) is 23.3 Å². The number of aliphatic carboxylic acids is 1. The fourth-order valence-corrected chi connectivity index (χ4v) is 2.38. The number of carboxylic acid groups (broad SMARTS) is 1. The molecule has 0 radical (unpaired) electrons. The molecule has 17 heavy (non-hydrogen) atoms. The summed E-state index contributed by atoms with van der Waals surface area (Å²) in [7, 11) is 1.42. The molecule has 0 aromatic heterocycles. The van der Waals surface area contributed by atoms with Crippen LogP contribution in [0.4, 0.5) is 0 Å². The fourth-order valence-electron chi connectivity index (χ4n) is 2.15. The van der Waals surface area contributed by atoms with Crippen LogP contribution in [0.1, 0.15) is 24.8 Å². The van der Waals surface area contributed by atoms with Crippen molar-refractivity contribution in [2.75, 3.05) is 7.11 Å². The molecule has 0 aliphatic heterocycles. The molecular weight excluding hydrogens is 244 g/mol. The van der Waals surface area contributed by atoms with Gasteiger partial charge < -0.3 is 14.9 Å². The van der Waals surface area contributed by atoms with E-state index in [2.05, 4.69) is 0 Å². The second-order valence-corrected chi connectivity index (χ2v) is 4.73. The number of carboxylic acids is 1. The van der Waals surface area contributed by atoms with Gasteiger partial charge in [0.2, 0.25) is 0 Å². The predicted octanol–water partition coefficient (Wildman–Crippen LogP) is 2.56. The third kappa shape index (κ3) is 2.05. The Bertz CT molecular complexity index is 466. The number of ether oxygens (including phenoxy) is 1. The number of carbonyl (C=O) groups is 1. The van der Waals surface area contributed by atoms with Crippen LogP contribution in [-0.2, 0) is 10.2 Å². The van der Waals surface area contributed by atoms with Crippen LogP contribution in [0, 0.1) is 0 Å². The molecule has 0 spiro atoms. The number of phenols is 1. The number of halogens is 1. The monoisotopic (exact) mass is 256 g/mol. The van der Waals surface area contributed by atoms with Crippen molar-refractivity contribution in [2.24, 2.45) is 0 Å². The van der Waals surface area contributed by atoms with Crippen LogP contribution in [0.5, 0.6) is 11.5 Å². The number of hydrogen-bond donors (Lipinski definition) is 2. The standard InChI is InChI=1S/C12H13ClO4/c1-17-11-8(13)3-2-7(10(11)16)12(4-5-12)6-9(14)15/h2-3,16H,4-6H2,1H3,(H,14,15). The summed E-state index contributed by atoms with van der Waals surface area (Å²) in [5.41, 5.74) is 0.162. The van der Waals surface area contributed by atoms with Crippen LogP contribution >= 0.6 is 11.6 Å². The molecule has 0 unspecified atom stereocenters. The summed E-state index contributed by atoms with van der Waals surface area (Å²) in [6.45, 7) is 0. The molecular formula is C12H13ClO4. The first-order valence-electron chi connectivity index (χ1n) is 5.28. The van der Waals surface area contributed by atoms with E-state index in [9.17, 15) is 9.90 Å². The van der Waals surface area contributed by atoms with E-state index in [1.807, 2.05) is 0 Å². The summed E-state index contributed by atoms with van der Waals surface area (Å²) in [6, 6.07) is 3.30. The molecule has 1 saturated carbocycles. The lowest BCUT2D eigenvalue weighted by atomic mass is 9.91. The molecule has 0 heterocycles. The third-order valence-electron chi connectivity index (χ3n) is 3.20. The van der Waals surface area contributed by atoms with Gasteiger partial charge in [0.05, 0.1) is 18.6 Å². The maximum Gasteiger partial charge on any atom is 0.304 e. The van der Waals surface area contributed by atoms with Crippen molar-refractivity contribution in [3.63, 3.8) is 0 Å². The van der Waals surface area contributed by atoms with Gasteiger partial charge in [0.15, 0.2) is 11.5 Å². The Kier molecular flexibility index (Phi) is 2.91. The Morgan fingerprint density at radius 3 is 2.65 bits per heavy atom. The van der Waals surface area contributed by atoms with Crippen molar-refractivity contribution in [3.05, 3.63) is 22.7 Å². The van der Waals surface area contributed by atoms with Crippen molar-refractivity contribution in [1.82, 2.24) is 0 Å². The first-order chi connectivity index (χ1) is 8.00. The number of aromatic hydroxyl groups is 1. The molecule has 4 nitrogen and oxygen atoms in total. The summed E-state index contributed by atoms with van der Waals surface area (Å²) in [5.74, 6) is -0.699. The van der Waals surface area contributed by atoms with E-state index in [0.29, 0.717) is 10.6 Å². The van der Waals surface area contributed by atoms with Gasteiger partial charge in [-0.05, 0) is 18.9 Å². The first kappa shape index (κ1) is 12.0. The first-order valence-corrected chi connectivity index (χ1v) is 5.66. The molecule has 0 saturated heterocycles. The zero-order valence-electron chi connectivity index (χ0n) is 9.36. The SMILES string of the molecule is COc1c(Cl)ccc(C2(CC(=O)O)CC2)c1O. The molecule has 0 amide bonds. The highest BCUT2D eigenvalue weighted by Gasteiger charge is 2.48. The zero-order chi connectivity index (χ0) is 12.6. The largest absolute Gasteiger partial charge is 0.504 e. The van der Waals surface area contributed by atoms with Crippen molar-refractivity contribution in [2.45, 2.75) is 24.7 Å². The molecule has 0 atom stereocenters. The maximum atomic E-state index is 10.8. The van der Waals surface area contributed by atoms with Crippen LogP contribution in [0.15, 0.2) is 12.1 Å². The van der Waals surface area contributed by atoms with Gasteiger partial charge in [0.25, 0.3) is 0 Å². The Labute approximate surface area is 104 Å². The Balaban J connectivity index is 2.43. The average Bonchev–Trinajstić information content (AvgIpc) is 2.98. The second-order valence-electron chi connectivity index (χ2n) is 4.33. The molecule has 5 heteroatoms. The minimum Gasteiger partial charge on any atom is -0.504 e. The minimum atomic E-state index is -0.865. The van der Waals surface area contributed by atoms with Gasteiger partial charge in [-0.15, -0.1) is 0 Å². The smallest absolute Gasteiger partial charge is 0.304 e. The summed E-state index contributed by atoms with van der Waals surface area (Å²) < 4.78 is 5.01. The fraction of sp³-hybridized carbons (Fsp3) is 0.417. The molecule has 1 aliphatic carbocycles. The normalized spacial score (nSPS) is 16.6. The predicted molar refractivity (Wildman–Crippen MR) is 62.8 cm³/mol. The maximum absolute atomic E-state index is 10.8. The molecule has 1 aromatic rings. The molecule has 92 valence electrons. The van der Waals surface area contributed by atoms with E-state index < -0.39 is 11.4 Å². The summed E-state index contributed by atoms with van der Waals surface area (Å²) in [4.78, 5) is 10.8. The van der Waals surface area contributed by atoms with E-state index >= 15 is 0 Å². The van der Waals surface area contributed by atoms with Gasteiger partial charge in [0.1, 0.15) is 0 Å². The molecule has 1 aromatic carbocycles. The number of rotatable bonds is 4. The van der Waals surface area contributed by atoms with Crippen molar-refractivity contribution in [1.29, 1.82) is 0 Å². The van der Waals surface area contributed by atoms with Crippen molar-refractivity contribution >= 4 is 17.6 Å². The minimum absolute atomic E-state index is 0.0192. The van der Waals surface area contributed by atoms with Gasteiger partial charge in [-0.1, -0.05) is 17.7 Å². The molecule has 1 aliphatic rings. The lowest BCUT2D eigenvalue weighted by molar-refractivity contribution is -0.137. The van der Waals surface area contributed by atoms with Crippen LogP contribution in [0.25, 0.3) is 0 Å². The molecule has 0 bridgehead atoms. The zero-order valence-corrected chi connectivity index (χ0v) is 10.1. The van der Waals surface area contributed by atoms with Gasteiger partial charge in [-0.3, -0.25) is 4.79 Å². The van der Waals surface area contributed by atoms with E-state index in [1.165, 1.54) is 7.11 Å². The molecule has 2 rings (SSSR count). The van der Waals surface area contributed by atoms with E-state index in [-0.39, 0.29) is 17.9 Å². The summed E-state index contributed by atoms with van der Waals surface area (Å²) >= 11 is 5.88. The highest BCUT2D eigenvalue weighted by molar-refractivity contribution is 6.32. The van der Waals surface area contributed by atoms with Gasteiger partial charge in [0, 0.05) is 11.0 Å². The summed E-state index contributed by atoms with van der Waals surface area (Å²) in [5, 5.41) is 19.3. The second kappa shape index (κ2) is 4.11. The van der Waals surface area contributed by atoms with Gasteiger partial charge in [-0.25, -0.2) is 0 Å². The Hall–Kier alpha value is -1.42. The Morgan fingerprint density at radius 2 is 2.18 bits per heavy atom. The number of methoxy groups -OCH3 is 1. The van der Waals surface area contributed by atoms with Crippen molar-refractivity contribution in [3.8, 4) is 11.5 Å². The van der Waals surface area contributed by atoms with Crippen LogP contribution in [0.3, 0.4) is 0 Å². The van der Waals surface area contributed by atoms with Gasteiger partial charge in [-0.2, -0.15) is 0 Å². The average molecular weight is 257 g/mol. The van der Waals surface area contributed by atoms with E-state index in [1.54, 1.807) is 12.1 Å². The van der Waals surface area contributed by atoms with E-state index in [0.717, 1.165) is 12.8 Å². The third-order valence-corrected chi connectivity index (χ3v) is 3.50. The van der Waals surface area contributed by atoms with Crippen LogP contribution < -0.4 is 4.74 Å². The highest BCUT2D eigenvalue weighted by atomic mass is 35.5. The van der Waals surface area contributed by atoms with Crippen LogP contribution in [0.2, 0.25) is 5.02 Å². The quantitative estimate of drug-likeness (QED) is 0.869. The summed E-state index contributed by atoms with van der Waals surface area (Å²) in [6.07, 6.45) is 1.54.